The number of methoxy groups -OCH3 is 1. The molecule has 0 unspecified atom stereocenters. The molecule has 3 aromatic rings. The molecule has 2 atom stereocenters. The first kappa shape index (κ1) is 19.5. The molecule has 1 aromatic carbocycles. The topological polar surface area (TPSA) is 92.0 Å². The summed E-state index contributed by atoms with van der Waals surface area (Å²) >= 11 is 3.33. The van der Waals surface area contributed by atoms with E-state index in [0.717, 1.165) is 13.0 Å². The first-order valence-electron chi connectivity index (χ1n) is 9.87. The molecule has 2 aliphatic heterocycles. The number of aliphatic hydroxyl groups excluding tert-OH is 1. The van der Waals surface area contributed by atoms with Crippen molar-refractivity contribution in [2.24, 2.45) is 0 Å². The number of imidazole rings is 1. The van der Waals surface area contributed by atoms with Crippen molar-refractivity contribution in [3.8, 4) is 5.88 Å². The molecule has 0 aliphatic carbocycles. The van der Waals surface area contributed by atoms with Crippen molar-refractivity contribution in [1.29, 1.82) is 0 Å². The van der Waals surface area contributed by atoms with E-state index in [1.807, 2.05) is 12.1 Å². The van der Waals surface area contributed by atoms with E-state index in [4.69, 9.17) is 4.74 Å². The molecule has 156 valence electrons. The van der Waals surface area contributed by atoms with E-state index in [1.54, 1.807) is 21.7 Å². The van der Waals surface area contributed by atoms with Gasteiger partial charge in [-0.05, 0) is 39.9 Å². The van der Waals surface area contributed by atoms with Gasteiger partial charge in [0.05, 0.1) is 18.8 Å². The lowest BCUT2D eigenvalue weighted by molar-refractivity contribution is -0.0140. The Morgan fingerprint density at radius 3 is 2.87 bits per heavy atom. The predicted molar refractivity (Wildman–Crippen MR) is 113 cm³/mol. The minimum atomic E-state index is -0.661. The Kier molecular flexibility index (Phi) is 4.76. The Hall–Kier alpha value is -2.49. The van der Waals surface area contributed by atoms with Gasteiger partial charge in [-0.15, -0.1) is 0 Å². The molecule has 1 saturated heterocycles. The number of β-amino-alcohol motifs (C(OH)–C–C–N with tert-alkyl or cyclic N) is 1. The number of amides is 1. The Morgan fingerprint density at radius 1 is 1.30 bits per heavy atom. The van der Waals surface area contributed by atoms with Crippen LogP contribution in [0.3, 0.4) is 0 Å². The summed E-state index contributed by atoms with van der Waals surface area (Å²) in [5.74, 6) is 0.133. The number of carbonyl (C=O) groups is 1. The third kappa shape index (κ3) is 3.17. The highest BCUT2D eigenvalue weighted by Crippen LogP contribution is 2.32. The van der Waals surface area contributed by atoms with Crippen LogP contribution in [0.5, 0.6) is 5.88 Å². The van der Waals surface area contributed by atoms with Gasteiger partial charge in [0.15, 0.2) is 0 Å². The fourth-order valence-electron chi connectivity index (χ4n) is 4.49. The first-order chi connectivity index (χ1) is 14.5. The van der Waals surface area contributed by atoms with E-state index in [0.29, 0.717) is 34.8 Å². The lowest BCUT2D eigenvalue weighted by atomic mass is 9.76. The molecular formula is C21H22BrN5O3. The van der Waals surface area contributed by atoms with Gasteiger partial charge in [-0.3, -0.25) is 9.20 Å². The highest BCUT2D eigenvalue weighted by molar-refractivity contribution is 9.10. The molecule has 2 aromatic heterocycles. The van der Waals surface area contributed by atoms with Crippen LogP contribution in [-0.2, 0) is 13.0 Å². The summed E-state index contributed by atoms with van der Waals surface area (Å²) in [4.78, 5) is 23.4. The third-order valence-corrected chi connectivity index (χ3v) is 6.57. The van der Waals surface area contributed by atoms with Crippen LogP contribution in [0.4, 0.5) is 0 Å². The van der Waals surface area contributed by atoms with Gasteiger partial charge in [0.2, 0.25) is 5.65 Å². The number of ether oxygens (including phenoxy) is 1. The SMILES string of the molecule is COc1nc(Br)cn2cc(C(=O)N3CC[C@]4(Cc5ccccc5CN4)[C@H](O)C3)nc12. The van der Waals surface area contributed by atoms with Crippen LogP contribution in [0.25, 0.3) is 5.65 Å². The molecule has 0 saturated carbocycles. The van der Waals surface area contributed by atoms with E-state index in [2.05, 4.69) is 43.3 Å². The van der Waals surface area contributed by atoms with Crippen molar-refractivity contribution >= 4 is 27.5 Å². The number of piperidine rings is 1. The quantitative estimate of drug-likeness (QED) is 0.591. The van der Waals surface area contributed by atoms with Crippen molar-refractivity contribution < 1.29 is 14.6 Å². The van der Waals surface area contributed by atoms with Crippen molar-refractivity contribution in [3.05, 3.63) is 58.1 Å². The standard InChI is InChI=1S/C21H22BrN5O3/c1-30-19-18-24-15(10-27(18)12-17(22)25-19)20(29)26-7-6-21(16(28)11-26)8-13-4-2-3-5-14(13)9-23-21/h2-5,10,12,16,23,28H,6-9,11H2,1H3/t16-,21+/m1/s1. The number of aromatic nitrogens is 3. The van der Waals surface area contributed by atoms with E-state index in [9.17, 15) is 9.90 Å². The van der Waals surface area contributed by atoms with Crippen molar-refractivity contribution in [2.45, 2.75) is 31.0 Å². The lowest BCUT2D eigenvalue weighted by Gasteiger charge is -2.48. The Morgan fingerprint density at radius 2 is 2.10 bits per heavy atom. The van der Waals surface area contributed by atoms with Crippen LogP contribution in [0.2, 0.25) is 0 Å². The van der Waals surface area contributed by atoms with Crippen LogP contribution in [0, 0.1) is 0 Å². The summed E-state index contributed by atoms with van der Waals surface area (Å²) < 4.78 is 7.57. The van der Waals surface area contributed by atoms with Gasteiger partial charge in [0.25, 0.3) is 11.8 Å². The van der Waals surface area contributed by atoms with Gasteiger partial charge in [-0.1, -0.05) is 24.3 Å². The highest BCUT2D eigenvalue weighted by atomic mass is 79.9. The molecule has 30 heavy (non-hydrogen) atoms. The van der Waals surface area contributed by atoms with E-state index in [-0.39, 0.29) is 12.5 Å². The molecule has 1 amide bonds. The average Bonchev–Trinajstić information content (AvgIpc) is 3.18. The maximum Gasteiger partial charge on any atom is 0.274 e. The smallest absolute Gasteiger partial charge is 0.274 e. The van der Waals surface area contributed by atoms with Gasteiger partial charge in [-0.2, -0.15) is 0 Å². The Labute approximate surface area is 182 Å². The monoisotopic (exact) mass is 471 g/mol. The Bertz CT molecular complexity index is 1130. The molecule has 0 radical (unpaired) electrons. The molecule has 9 heteroatoms. The van der Waals surface area contributed by atoms with E-state index in [1.165, 1.54) is 18.2 Å². The first-order valence-corrected chi connectivity index (χ1v) is 10.7. The van der Waals surface area contributed by atoms with E-state index >= 15 is 0 Å². The van der Waals surface area contributed by atoms with Gasteiger partial charge >= 0.3 is 0 Å². The Balaban J connectivity index is 1.36. The largest absolute Gasteiger partial charge is 0.478 e. The number of likely N-dealkylation sites (tertiary alicyclic amines) is 1. The van der Waals surface area contributed by atoms with Crippen LogP contribution in [0.1, 0.15) is 28.0 Å². The summed E-state index contributed by atoms with van der Waals surface area (Å²) in [5, 5.41) is 14.6. The molecule has 2 aliphatic rings. The van der Waals surface area contributed by atoms with Crippen molar-refractivity contribution in [2.75, 3.05) is 20.2 Å². The second-order valence-corrected chi connectivity index (χ2v) is 8.71. The highest BCUT2D eigenvalue weighted by Gasteiger charge is 2.45. The minimum absolute atomic E-state index is 0.206. The zero-order chi connectivity index (χ0) is 20.9. The molecule has 1 fully saturated rings. The fraction of sp³-hybridized carbons (Fsp3) is 0.381. The number of fused-ring (bicyclic) bond motifs is 2. The molecule has 5 rings (SSSR count). The van der Waals surface area contributed by atoms with Crippen molar-refractivity contribution in [1.82, 2.24) is 24.6 Å². The van der Waals surface area contributed by atoms with Gasteiger partial charge in [0.1, 0.15) is 10.3 Å². The van der Waals surface area contributed by atoms with Crippen LogP contribution < -0.4 is 10.1 Å². The number of nitrogens with zero attached hydrogens (tertiary/aromatic N) is 4. The number of rotatable bonds is 2. The molecule has 0 bridgehead atoms. The normalized spacial score (nSPS) is 23.6. The van der Waals surface area contributed by atoms with Gasteiger partial charge in [-0.25, -0.2) is 9.97 Å². The predicted octanol–water partition coefficient (Wildman–Crippen LogP) is 1.79. The second kappa shape index (κ2) is 7.33. The van der Waals surface area contributed by atoms with E-state index < -0.39 is 11.6 Å². The number of carbonyl (C=O) groups excluding carboxylic acids is 1. The summed E-state index contributed by atoms with van der Waals surface area (Å²) in [7, 11) is 1.51. The number of benzene rings is 1. The zero-order valence-corrected chi connectivity index (χ0v) is 18.1. The lowest BCUT2D eigenvalue weighted by Crippen LogP contribution is -2.65. The summed E-state index contributed by atoms with van der Waals surface area (Å²) in [6.45, 7) is 1.55. The van der Waals surface area contributed by atoms with Gasteiger partial charge in [0, 0.05) is 32.0 Å². The summed E-state index contributed by atoms with van der Waals surface area (Å²) in [5.41, 5.74) is 2.91. The number of hydrogen-bond acceptors (Lipinski definition) is 6. The number of hydrogen-bond donors (Lipinski definition) is 2. The molecule has 8 nitrogen and oxygen atoms in total. The maximum absolute atomic E-state index is 13.1. The molecular weight excluding hydrogens is 450 g/mol. The fourth-order valence-corrected chi connectivity index (χ4v) is 4.87. The maximum atomic E-state index is 13.1. The third-order valence-electron chi connectivity index (χ3n) is 6.19. The number of aliphatic hydroxyl groups is 1. The number of halogens is 1. The van der Waals surface area contributed by atoms with Crippen LogP contribution in [-0.4, -0.2) is 62.1 Å². The summed E-state index contributed by atoms with van der Waals surface area (Å²) in [6, 6.07) is 8.31. The van der Waals surface area contributed by atoms with Gasteiger partial charge < -0.3 is 20.1 Å². The van der Waals surface area contributed by atoms with Crippen LogP contribution in [0.15, 0.2) is 41.3 Å². The summed E-state index contributed by atoms with van der Waals surface area (Å²) in [6.07, 6.45) is 4.17. The zero-order valence-electron chi connectivity index (χ0n) is 16.5. The molecule has 2 N–H and O–H groups in total. The second-order valence-electron chi connectivity index (χ2n) is 7.90. The van der Waals surface area contributed by atoms with Crippen molar-refractivity contribution in [3.63, 3.8) is 0 Å². The number of nitrogens with one attached hydrogen (secondary N) is 1. The minimum Gasteiger partial charge on any atom is -0.478 e. The molecule has 1 spiro atoms. The molecule has 4 heterocycles. The van der Waals surface area contributed by atoms with Crippen LogP contribution >= 0.6 is 15.9 Å². The average molecular weight is 472 g/mol.